The lowest BCUT2D eigenvalue weighted by molar-refractivity contribution is -0.384. The molecule has 0 aliphatic rings. The van der Waals surface area contributed by atoms with Crippen LogP contribution in [0.15, 0.2) is 6.20 Å². The Balaban J connectivity index is 2.82. The summed E-state index contributed by atoms with van der Waals surface area (Å²) in [6.45, 7) is 0.0474. The van der Waals surface area contributed by atoms with Gasteiger partial charge < -0.3 is 15.2 Å². The Morgan fingerprint density at radius 2 is 2.50 bits per heavy atom. The molecule has 8 heteroatoms. The molecule has 1 rings (SSSR count). The number of aliphatic hydroxyl groups excluding tert-OH is 1. The van der Waals surface area contributed by atoms with Crippen molar-refractivity contribution in [2.75, 3.05) is 25.6 Å². The molecule has 0 radical (unpaired) electrons. The molecule has 0 spiro atoms. The zero-order chi connectivity index (χ0) is 12.1. The minimum absolute atomic E-state index is 0.128. The fraction of sp³-hybridized carbons (Fsp3) is 0.625. The predicted octanol–water partition coefficient (Wildman–Crippen LogP) is -0.253. The number of hydrogen-bond donors (Lipinski definition) is 2. The summed E-state index contributed by atoms with van der Waals surface area (Å²) in [5, 5.41) is 26.3. The minimum atomic E-state index is -0.531. The van der Waals surface area contributed by atoms with Gasteiger partial charge in [-0.2, -0.15) is 0 Å². The van der Waals surface area contributed by atoms with E-state index in [1.54, 1.807) is 7.05 Å². The lowest BCUT2D eigenvalue weighted by Crippen LogP contribution is -2.29. The first kappa shape index (κ1) is 12.4. The van der Waals surface area contributed by atoms with E-state index in [2.05, 4.69) is 10.4 Å². The number of anilines is 1. The Morgan fingerprint density at radius 3 is 3.00 bits per heavy atom. The lowest BCUT2D eigenvalue weighted by Gasteiger charge is -2.13. The molecule has 0 aliphatic heterocycles. The van der Waals surface area contributed by atoms with E-state index < -0.39 is 11.0 Å². The van der Waals surface area contributed by atoms with E-state index in [0.29, 0.717) is 0 Å². The second-order valence-corrected chi connectivity index (χ2v) is 3.27. The number of ether oxygens (including phenoxy) is 1. The summed E-state index contributed by atoms with van der Waals surface area (Å²) in [7, 11) is 3.07. The van der Waals surface area contributed by atoms with E-state index >= 15 is 0 Å². The molecular formula is C8H14N4O4. The topological polar surface area (TPSA) is 102 Å². The molecular weight excluding hydrogens is 216 g/mol. The number of aromatic nitrogens is 2. The first-order valence-electron chi connectivity index (χ1n) is 4.62. The van der Waals surface area contributed by atoms with Gasteiger partial charge in [0.05, 0.1) is 24.2 Å². The van der Waals surface area contributed by atoms with Crippen LogP contribution in [-0.4, -0.2) is 46.2 Å². The van der Waals surface area contributed by atoms with Crippen LogP contribution in [-0.2, 0) is 11.8 Å². The highest BCUT2D eigenvalue weighted by atomic mass is 16.6. The van der Waals surface area contributed by atoms with Gasteiger partial charge in [-0.1, -0.05) is 0 Å². The molecule has 0 bridgehead atoms. The fourth-order valence-corrected chi connectivity index (χ4v) is 1.25. The van der Waals surface area contributed by atoms with E-state index in [4.69, 9.17) is 9.84 Å². The summed E-state index contributed by atoms with van der Waals surface area (Å²) >= 11 is 0. The first-order valence-corrected chi connectivity index (χ1v) is 4.62. The number of methoxy groups -OCH3 is 1. The van der Waals surface area contributed by atoms with Crippen molar-refractivity contribution >= 4 is 11.5 Å². The van der Waals surface area contributed by atoms with Gasteiger partial charge in [0.25, 0.3) is 0 Å². The molecule has 1 atom stereocenters. The van der Waals surface area contributed by atoms with Crippen LogP contribution in [0.4, 0.5) is 11.5 Å². The third-order valence-corrected chi connectivity index (χ3v) is 1.94. The Bertz CT molecular complexity index is 365. The highest BCUT2D eigenvalue weighted by molar-refractivity contribution is 5.55. The average molecular weight is 230 g/mol. The second-order valence-electron chi connectivity index (χ2n) is 3.27. The fourth-order valence-electron chi connectivity index (χ4n) is 1.25. The second kappa shape index (κ2) is 5.42. The summed E-state index contributed by atoms with van der Waals surface area (Å²) in [5.41, 5.74) is -0.128. The number of nitro groups is 1. The summed E-state index contributed by atoms with van der Waals surface area (Å²) in [6, 6.07) is -0.418. The highest BCUT2D eigenvalue weighted by Crippen LogP contribution is 2.21. The number of hydrogen-bond acceptors (Lipinski definition) is 6. The Morgan fingerprint density at radius 1 is 1.81 bits per heavy atom. The molecule has 0 fully saturated rings. The van der Waals surface area contributed by atoms with Crippen LogP contribution in [0.3, 0.4) is 0 Å². The molecule has 1 aromatic rings. The Labute approximate surface area is 92.0 Å². The molecule has 1 heterocycles. The van der Waals surface area contributed by atoms with Gasteiger partial charge in [0.2, 0.25) is 5.82 Å². The van der Waals surface area contributed by atoms with Gasteiger partial charge >= 0.3 is 5.69 Å². The van der Waals surface area contributed by atoms with Crippen LogP contribution in [0.2, 0.25) is 0 Å². The zero-order valence-corrected chi connectivity index (χ0v) is 9.08. The van der Waals surface area contributed by atoms with Crippen LogP contribution in [0, 0.1) is 10.1 Å². The first-order chi connectivity index (χ1) is 7.58. The van der Waals surface area contributed by atoms with Gasteiger partial charge in [-0.25, -0.2) is 0 Å². The van der Waals surface area contributed by atoms with Gasteiger partial charge in [0, 0.05) is 14.2 Å². The smallest absolute Gasteiger partial charge is 0.330 e. The van der Waals surface area contributed by atoms with Crippen LogP contribution < -0.4 is 5.32 Å². The van der Waals surface area contributed by atoms with Crippen molar-refractivity contribution in [3.05, 3.63) is 16.3 Å². The van der Waals surface area contributed by atoms with Crippen molar-refractivity contribution in [3.8, 4) is 0 Å². The van der Waals surface area contributed by atoms with E-state index in [0.717, 1.165) is 0 Å². The summed E-state index contributed by atoms with van der Waals surface area (Å²) < 4.78 is 6.18. The van der Waals surface area contributed by atoms with Crippen molar-refractivity contribution < 1.29 is 14.8 Å². The van der Waals surface area contributed by atoms with Crippen molar-refractivity contribution in [1.82, 2.24) is 9.78 Å². The van der Waals surface area contributed by atoms with Crippen LogP contribution in [0.5, 0.6) is 0 Å². The van der Waals surface area contributed by atoms with Gasteiger partial charge in [-0.05, 0) is 0 Å². The maximum absolute atomic E-state index is 10.7. The summed E-state index contributed by atoms with van der Waals surface area (Å²) in [6.07, 6.45) is 1.30. The maximum atomic E-state index is 10.7. The molecule has 16 heavy (non-hydrogen) atoms. The van der Waals surface area contributed by atoms with E-state index in [9.17, 15) is 10.1 Å². The lowest BCUT2D eigenvalue weighted by atomic mass is 10.3. The Hall–Kier alpha value is -1.67. The predicted molar refractivity (Wildman–Crippen MR) is 56.2 cm³/mol. The standard InChI is InChI=1S/C8H14N4O4/c1-11-3-7(12(14)15)8(10-11)9-6(4-13)5-16-2/h3,6,13H,4-5H2,1-2H3,(H,9,10). The molecule has 2 N–H and O–H groups in total. The Kier molecular flexibility index (Phi) is 4.20. The van der Waals surface area contributed by atoms with Crippen LogP contribution in [0.25, 0.3) is 0 Å². The number of aryl methyl sites for hydroxylation is 1. The van der Waals surface area contributed by atoms with Crippen LogP contribution in [0.1, 0.15) is 0 Å². The summed E-state index contributed by atoms with van der Waals surface area (Å²) in [5.74, 6) is 0.128. The molecule has 0 aliphatic carbocycles. The van der Waals surface area contributed by atoms with Gasteiger partial charge in [-0.3, -0.25) is 14.8 Å². The number of rotatable bonds is 6. The third-order valence-electron chi connectivity index (χ3n) is 1.94. The van der Waals surface area contributed by atoms with Crippen molar-refractivity contribution in [2.24, 2.45) is 7.05 Å². The van der Waals surface area contributed by atoms with Gasteiger partial charge in [0.1, 0.15) is 6.20 Å². The third kappa shape index (κ3) is 2.91. The minimum Gasteiger partial charge on any atom is -0.394 e. The monoisotopic (exact) mass is 230 g/mol. The van der Waals surface area contributed by atoms with E-state index in [1.165, 1.54) is 18.0 Å². The number of nitrogens with zero attached hydrogens (tertiary/aromatic N) is 3. The average Bonchev–Trinajstić information content (AvgIpc) is 2.59. The maximum Gasteiger partial charge on any atom is 0.330 e. The van der Waals surface area contributed by atoms with E-state index in [-0.39, 0.29) is 24.7 Å². The number of aliphatic hydroxyl groups is 1. The quantitative estimate of drug-likeness (QED) is 0.516. The van der Waals surface area contributed by atoms with Crippen molar-refractivity contribution in [1.29, 1.82) is 0 Å². The van der Waals surface area contributed by atoms with Crippen molar-refractivity contribution in [3.63, 3.8) is 0 Å². The number of nitrogens with one attached hydrogen (secondary N) is 1. The van der Waals surface area contributed by atoms with E-state index in [1.807, 2.05) is 0 Å². The van der Waals surface area contributed by atoms with Gasteiger partial charge in [0.15, 0.2) is 0 Å². The SMILES string of the molecule is COCC(CO)Nc1nn(C)cc1[N+](=O)[O-]. The zero-order valence-electron chi connectivity index (χ0n) is 9.08. The van der Waals surface area contributed by atoms with Crippen molar-refractivity contribution in [2.45, 2.75) is 6.04 Å². The molecule has 0 amide bonds. The molecule has 1 unspecified atom stereocenters. The molecule has 90 valence electrons. The normalized spacial score (nSPS) is 12.4. The van der Waals surface area contributed by atoms with Crippen LogP contribution >= 0.6 is 0 Å². The molecule has 0 saturated heterocycles. The summed E-state index contributed by atoms with van der Waals surface area (Å²) in [4.78, 5) is 10.2. The highest BCUT2D eigenvalue weighted by Gasteiger charge is 2.20. The largest absolute Gasteiger partial charge is 0.394 e. The van der Waals surface area contributed by atoms with Gasteiger partial charge in [-0.15, -0.1) is 5.10 Å². The molecule has 0 aromatic carbocycles. The molecule has 1 aromatic heterocycles. The molecule has 8 nitrogen and oxygen atoms in total. The molecule has 0 saturated carbocycles.